The number of pyridine rings is 1. The van der Waals surface area contributed by atoms with Gasteiger partial charge in [-0.3, -0.25) is 4.79 Å². The largest absolute Gasteiger partial charge is 0.352 e. The molecule has 1 amide bonds. The molecule has 192 valence electrons. The zero-order valence-electron chi connectivity index (χ0n) is 21.7. The Morgan fingerprint density at radius 2 is 2.00 bits per heavy atom. The van der Waals surface area contributed by atoms with E-state index in [1.165, 1.54) is 29.5 Å². The average Bonchev–Trinajstić information content (AvgIpc) is 2.85. The number of hydrogen-bond acceptors (Lipinski definition) is 8. The molecule has 4 N–H and O–H groups in total. The van der Waals surface area contributed by atoms with Gasteiger partial charge in [0.2, 0.25) is 5.95 Å². The molecule has 10 heteroatoms. The molecule has 0 radical (unpaired) electrons. The molecule has 1 aromatic carbocycles. The maximum atomic E-state index is 14.4. The smallest absolute Gasteiger partial charge is 0.256 e. The Labute approximate surface area is 215 Å². The van der Waals surface area contributed by atoms with Gasteiger partial charge in [0.1, 0.15) is 23.0 Å². The van der Waals surface area contributed by atoms with Gasteiger partial charge in [-0.15, -0.1) is 0 Å². The minimum atomic E-state index is -1.14. The summed E-state index contributed by atoms with van der Waals surface area (Å²) in [4.78, 5) is 25.9. The first-order chi connectivity index (χ1) is 17.5. The molecule has 9 nitrogen and oxygen atoms in total. The predicted molar refractivity (Wildman–Crippen MR) is 141 cm³/mol. The van der Waals surface area contributed by atoms with Gasteiger partial charge in [-0.05, 0) is 56.2 Å². The third kappa shape index (κ3) is 5.52. The third-order valence-electron chi connectivity index (χ3n) is 6.31. The number of benzene rings is 1. The van der Waals surface area contributed by atoms with Crippen LogP contribution in [0.25, 0.3) is 0 Å². The molecule has 3 aromatic rings. The number of amides is 1. The standard InChI is InChI=1S/C27H31FN8O/c1-6-31-24(37)18-13-32-25(33-17-7-8-19-16(11-17)12-30-15-27(19,4)5)36-23(18)35-21-10-9-20(28)22(34-21)26(2,3)14-29/h7-11,13,30H,6,12,15H2,1-5H3,(H,31,37)(H2,32,33,34,35,36). The molecule has 2 aromatic heterocycles. The Morgan fingerprint density at radius 1 is 1.22 bits per heavy atom. The maximum Gasteiger partial charge on any atom is 0.256 e. The Hall–Kier alpha value is -4.10. The zero-order valence-corrected chi connectivity index (χ0v) is 21.7. The number of rotatable bonds is 7. The fraction of sp³-hybridized carbons (Fsp3) is 0.370. The van der Waals surface area contributed by atoms with E-state index >= 15 is 0 Å². The molecule has 37 heavy (non-hydrogen) atoms. The molecule has 1 aliphatic heterocycles. The summed E-state index contributed by atoms with van der Waals surface area (Å²) in [6, 6.07) is 10.9. The average molecular weight is 503 g/mol. The molecule has 3 heterocycles. The summed E-state index contributed by atoms with van der Waals surface area (Å²) in [7, 11) is 0. The second kappa shape index (κ2) is 10.1. The van der Waals surface area contributed by atoms with Gasteiger partial charge in [0.05, 0.1) is 17.2 Å². The van der Waals surface area contributed by atoms with Crippen LogP contribution in [0.2, 0.25) is 0 Å². The van der Waals surface area contributed by atoms with Gasteiger partial charge in [-0.2, -0.15) is 10.2 Å². The first-order valence-electron chi connectivity index (χ1n) is 12.2. The molecular formula is C27H31FN8O. The fourth-order valence-corrected chi connectivity index (χ4v) is 4.30. The van der Waals surface area contributed by atoms with Crippen LogP contribution in [-0.2, 0) is 17.4 Å². The lowest BCUT2D eigenvalue weighted by Gasteiger charge is -2.33. The van der Waals surface area contributed by atoms with Crippen LogP contribution in [0.5, 0.6) is 0 Å². The lowest BCUT2D eigenvalue weighted by molar-refractivity contribution is 0.0956. The predicted octanol–water partition coefficient (Wildman–Crippen LogP) is 4.43. The number of hydrogen-bond donors (Lipinski definition) is 4. The van der Waals surface area contributed by atoms with Crippen molar-refractivity contribution in [2.75, 3.05) is 23.7 Å². The van der Waals surface area contributed by atoms with E-state index in [1.807, 2.05) is 13.0 Å². The Morgan fingerprint density at radius 3 is 2.73 bits per heavy atom. The molecule has 1 aliphatic rings. The van der Waals surface area contributed by atoms with Gasteiger partial charge < -0.3 is 21.3 Å². The van der Waals surface area contributed by atoms with Crippen LogP contribution >= 0.6 is 0 Å². The van der Waals surface area contributed by atoms with Gasteiger partial charge in [-0.25, -0.2) is 14.4 Å². The number of nitriles is 1. The van der Waals surface area contributed by atoms with Crippen molar-refractivity contribution in [3.8, 4) is 6.07 Å². The van der Waals surface area contributed by atoms with Crippen LogP contribution in [0.4, 0.5) is 27.7 Å². The van der Waals surface area contributed by atoms with E-state index in [0.29, 0.717) is 6.54 Å². The monoisotopic (exact) mass is 502 g/mol. The first-order valence-corrected chi connectivity index (χ1v) is 12.2. The highest BCUT2D eigenvalue weighted by atomic mass is 19.1. The second-order valence-electron chi connectivity index (χ2n) is 10.2. The molecule has 0 saturated carbocycles. The summed E-state index contributed by atoms with van der Waals surface area (Å²) in [5.41, 5.74) is 2.40. The van der Waals surface area contributed by atoms with Gasteiger partial charge in [0.25, 0.3) is 5.91 Å². The molecule has 0 fully saturated rings. The quantitative estimate of drug-likeness (QED) is 0.374. The van der Waals surface area contributed by atoms with Crippen molar-refractivity contribution in [2.45, 2.75) is 52.0 Å². The molecule has 4 rings (SSSR count). The highest BCUT2D eigenvalue weighted by Crippen LogP contribution is 2.32. The first kappa shape index (κ1) is 26.0. The van der Waals surface area contributed by atoms with E-state index in [0.717, 1.165) is 18.8 Å². The third-order valence-corrected chi connectivity index (χ3v) is 6.31. The van der Waals surface area contributed by atoms with E-state index < -0.39 is 11.2 Å². The number of nitrogens with zero attached hydrogens (tertiary/aromatic N) is 4. The number of anilines is 4. The van der Waals surface area contributed by atoms with Crippen LogP contribution < -0.4 is 21.3 Å². The number of carbonyl (C=O) groups is 1. The van der Waals surface area contributed by atoms with E-state index in [2.05, 4.69) is 68.3 Å². The fourth-order valence-electron chi connectivity index (χ4n) is 4.30. The van der Waals surface area contributed by atoms with Crippen LogP contribution in [0.1, 0.15) is 61.8 Å². The van der Waals surface area contributed by atoms with Crippen molar-refractivity contribution in [3.63, 3.8) is 0 Å². The van der Waals surface area contributed by atoms with E-state index in [1.54, 1.807) is 13.8 Å². The number of aromatic nitrogens is 3. The summed E-state index contributed by atoms with van der Waals surface area (Å²) >= 11 is 0. The van der Waals surface area contributed by atoms with Gasteiger partial charge in [0, 0.05) is 36.9 Å². The SMILES string of the molecule is CCNC(=O)c1cnc(Nc2ccc3c(c2)CNCC3(C)C)nc1Nc1ccc(F)c(C(C)(C)C#N)n1. The van der Waals surface area contributed by atoms with Gasteiger partial charge >= 0.3 is 0 Å². The summed E-state index contributed by atoms with van der Waals surface area (Å²) in [5.74, 6) is -0.228. The van der Waals surface area contributed by atoms with Gasteiger partial charge in [0.15, 0.2) is 0 Å². The molecule has 0 atom stereocenters. The summed E-state index contributed by atoms with van der Waals surface area (Å²) < 4.78 is 14.4. The van der Waals surface area contributed by atoms with Crippen molar-refractivity contribution in [3.05, 3.63) is 64.7 Å². The van der Waals surface area contributed by atoms with Gasteiger partial charge in [-0.1, -0.05) is 19.9 Å². The van der Waals surface area contributed by atoms with Crippen LogP contribution in [0, 0.1) is 17.1 Å². The maximum absolute atomic E-state index is 14.4. The van der Waals surface area contributed by atoms with Crippen LogP contribution in [0.3, 0.4) is 0 Å². The van der Waals surface area contributed by atoms with Crippen molar-refractivity contribution in [1.82, 2.24) is 25.6 Å². The minimum Gasteiger partial charge on any atom is -0.352 e. The van der Waals surface area contributed by atoms with Crippen molar-refractivity contribution in [2.24, 2.45) is 0 Å². The van der Waals surface area contributed by atoms with E-state index in [-0.39, 0.29) is 40.2 Å². The zero-order chi connectivity index (χ0) is 26.8. The normalized spacial score (nSPS) is 14.3. The molecule has 0 bridgehead atoms. The van der Waals surface area contributed by atoms with Crippen LogP contribution in [0.15, 0.2) is 36.5 Å². The molecule has 0 aliphatic carbocycles. The Kier molecular flexibility index (Phi) is 7.09. The number of carbonyl (C=O) groups excluding carboxylic acids is 1. The van der Waals surface area contributed by atoms with E-state index in [9.17, 15) is 14.4 Å². The number of nitrogens with one attached hydrogen (secondary N) is 4. The highest BCUT2D eigenvalue weighted by molar-refractivity contribution is 5.99. The molecular weight excluding hydrogens is 471 g/mol. The Bertz CT molecular complexity index is 1380. The summed E-state index contributed by atoms with van der Waals surface area (Å²) in [6.45, 7) is 11.5. The van der Waals surface area contributed by atoms with E-state index in [4.69, 9.17) is 0 Å². The number of fused-ring (bicyclic) bond motifs is 1. The van der Waals surface area contributed by atoms with Crippen molar-refractivity contribution in [1.29, 1.82) is 5.26 Å². The Balaban J connectivity index is 1.68. The summed E-state index contributed by atoms with van der Waals surface area (Å²) in [6.07, 6.45) is 1.43. The summed E-state index contributed by atoms with van der Waals surface area (Å²) in [5, 5.41) is 21.9. The lowest BCUT2D eigenvalue weighted by atomic mass is 9.79. The molecule has 0 saturated heterocycles. The highest BCUT2D eigenvalue weighted by Gasteiger charge is 2.28. The topological polar surface area (TPSA) is 128 Å². The molecule has 0 unspecified atom stereocenters. The number of halogens is 1. The van der Waals surface area contributed by atoms with Crippen LogP contribution in [-0.4, -0.2) is 33.9 Å². The van der Waals surface area contributed by atoms with Crippen molar-refractivity contribution >= 4 is 29.2 Å². The molecule has 0 spiro atoms. The van der Waals surface area contributed by atoms with Crippen molar-refractivity contribution < 1.29 is 9.18 Å². The lowest BCUT2D eigenvalue weighted by Crippen LogP contribution is -2.38. The second-order valence-corrected chi connectivity index (χ2v) is 10.2. The minimum absolute atomic E-state index is 0.00226.